The summed E-state index contributed by atoms with van der Waals surface area (Å²) in [7, 11) is -3.57. The number of benzene rings is 1. The molecule has 1 saturated heterocycles. The Morgan fingerprint density at radius 2 is 1.70 bits per heavy atom. The van der Waals surface area contributed by atoms with E-state index in [1.807, 2.05) is 12.1 Å². The molecule has 2 fully saturated rings. The van der Waals surface area contributed by atoms with Crippen molar-refractivity contribution in [2.75, 3.05) is 13.1 Å². The van der Waals surface area contributed by atoms with Gasteiger partial charge < -0.3 is 4.90 Å². The lowest BCUT2D eigenvalue weighted by atomic mass is 9.84. The molecule has 1 aliphatic carbocycles. The minimum absolute atomic E-state index is 0.105. The molecular formula is C17H24N2O3S. The Balaban J connectivity index is 1.66. The number of hydrogen-bond acceptors (Lipinski definition) is 3. The summed E-state index contributed by atoms with van der Waals surface area (Å²) < 4.78 is 22.8. The fraction of sp³-hybridized carbons (Fsp3) is 0.588. The maximum Gasteiger partial charge on any atom is 0.253 e. The molecule has 1 unspecified atom stereocenters. The Morgan fingerprint density at radius 3 is 2.26 bits per heavy atom. The summed E-state index contributed by atoms with van der Waals surface area (Å²) in [5.41, 5.74) is 1.93. The van der Waals surface area contributed by atoms with Crippen LogP contribution in [0, 0.1) is 0 Å². The zero-order valence-electron chi connectivity index (χ0n) is 13.3. The van der Waals surface area contributed by atoms with Crippen LogP contribution in [0.5, 0.6) is 0 Å². The van der Waals surface area contributed by atoms with Crippen LogP contribution in [0.3, 0.4) is 0 Å². The SMILES string of the molecule is NS(=O)(=O)C1CCN(C(=O)c2ccc(C3CCCCC3)cc2)C1. The first kappa shape index (κ1) is 16.5. The van der Waals surface area contributed by atoms with Gasteiger partial charge in [-0.15, -0.1) is 0 Å². The van der Waals surface area contributed by atoms with Gasteiger partial charge in [0, 0.05) is 18.7 Å². The van der Waals surface area contributed by atoms with Crippen molar-refractivity contribution in [2.24, 2.45) is 5.14 Å². The third-order valence-electron chi connectivity index (χ3n) is 5.13. The quantitative estimate of drug-likeness (QED) is 0.919. The molecule has 6 heteroatoms. The van der Waals surface area contributed by atoms with E-state index < -0.39 is 15.3 Å². The van der Waals surface area contributed by atoms with Crippen LogP contribution in [0.25, 0.3) is 0 Å². The second-order valence-electron chi connectivity index (χ2n) is 6.71. The van der Waals surface area contributed by atoms with Gasteiger partial charge in [0.15, 0.2) is 0 Å². The molecule has 2 aliphatic rings. The van der Waals surface area contributed by atoms with Crippen LogP contribution in [0.4, 0.5) is 0 Å². The van der Waals surface area contributed by atoms with E-state index in [-0.39, 0.29) is 12.5 Å². The number of carbonyl (C=O) groups excluding carboxylic acids is 1. The number of nitrogens with two attached hydrogens (primary N) is 1. The minimum atomic E-state index is -3.57. The third kappa shape index (κ3) is 3.75. The van der Waals surface area contributed by atoms with Gasteiger partial charge in [0.05, 0.1) is 5.25 Å². The summed E-state index contributed by atoms with van der Waals surface area (Å²) in [6, 6.07) is 7.85. The highest BCUT2D eigenvalue weighted by Gasteiger charge is 2.33. The average molecular weight is 336 g/mol. The van der Waals surface area contributed by atoms with E-state index >= 15 is 0 Å². The number of rotatable bonds is 3. The number of carbonyl (C=O) groups is 1. The van der Waals surface area contributed by atoms with Crippen molar-refractivity contribution in [3.63, 3.8) is 0 Å². The molecule has 23 heavy (non-hydrogen) atoms. The maximum absolute atomic E-state index is 12.5. The van der Waals surface area contributed by atoms with Crippen LogP contribution in [0.1, 0.15) is 60.4 Å². The van der Waals surface area contributed by atoms with Crippen LogP contribution in [0.15, 0.2) is 24.3 Å². The number of sulfonamides is 1. The summed E-state index contributed by atoms with van der Waals surface area (Å²) in [6.07, 6.45) is 6.78. The Bertz CT molecular complexity index is 664. The van der Waals surface area contributed by atoms with Crippen molar-refractivity contribution in [1.82, 2.24) is 4.90 Å². The molecule has 1 atom stereocenters. The molecule has 126 valence electrons. The molecule has 1 aliphatic heterocycles. The summed E-state index contributed by atoms with van der Waals surface area (Å²) in [4.78, 5) is 14.1. The lowest BCUT2D eigenvalue weighted by molar-refractivity contribution is 0.0793. The van der Waals surface area contributed by atoms with Crippen molar-refractivity contribution < 1.29 is 13.2 Å². The van der Waals surface area contributed by atoms with Gasteiger partial charge in [-0.2, -0.15) is 0 Å². The molecule has 1 saturated carbocycles. The van der Waals surface area contributed by atoms with Gasteiger partial charge >= 0.3 is 0 Å². The lowest BCUT2D eigenvalue weighted by Gasteiger charge is -2.22. The number of primary sulfonamides is 1. The van der Waals surface area contributed by atoms with Crippen molar-refractivity contribution in [1.29, 1.82) is 0 Å². The van der Waals surface area contributed by atoms with Gasteiger partial charge in [0.1, 0.15) is 0 Å². The summed E-state index contributed by atoms with van der Waals surface area (Å²) in [5, 5.41) is 4.55. The van der Waals surface area contributed by atoms with Gasteiger partial charge in [-0.1, -0.05) is 31.4 Å². The number of amides is 1. The fourth-order valence-corrected chi connectivity index (χ4v) is 4.52. The van der Waals surface area contributed by atoms with E-state index in [4.69, 9.17) is 5.14 Å². The van der Waals surface area contributed by atoms with Gasteiger partial charge in [-0.05, 0) is 42.9 Å². The molecule has 2 N–H and O–H groups in total. The van der Waals surface area contributed by atoms with E-state index in [1.165, 1.54) is 37.7 Å². The predicted molar refractivity (Wildman–Crippen MR) is 89.7 cm³/mol. The standard InChI is InChI=1S/C17H24N2O3S/c18-23(21,22)16-10-11-19(12-16)17(20)15-8-6-14(7-9-15)13-4-2-1-3-5-13/h6-9,13,16H,1-5,10-12H2,(H2,18,21,22). The topological polar surface area (TPSA) is 80.5 Å². The molecule has 3 rings (SSSR count). The molecule has 1 aromatic rings. The van der Waals surface area contributed by atoms with Gasteiger partial charge in [-0.3, -0.25) is 4.79 Å². The molecular weight excluding hydrogens is 312 g/mol. The van der Waals surface area contributed by atoms with E-state index in [0.717, 1.165) is 0 Å². The molecule has 5 nitrogen and oxygen atoms in total. The highest BCUT2D eigenvalue weighted by atomic mass is 32.2. The Morgan fingerprint density at radius 1 is 1.04 bits per heavy atom. The van der Waals surface area contributed by atoms with Crippen molar-refractivity contribution >= 4 is 15.9 Å². The molecule has 1 aromatic carbocycles. The van der Waals surface area contributed by atoms with E-state index in [0.29, 0.717) is 24.4 Å². The summed E-state index contributed by atoms with van der Waals surface area (Å²) in [6.45, 7) is 0.645. The normalized spacial score (nSPS) is 23.2. The molecule has 0 spiro atoms. The highest BCUT2D eigenvalue weighted by molar-refractivity contribution is 7.89. The third-order valence-corrected chi connectivity index (χ3v) is 6.45. The lowest BCUT2D eigenvalue weighted by Crippen LogP contribution is -2.34. The second-order valence-corrected chi connectivity index (χ2v) is 8.55. The Kier molecular flexibility index (Phi) is 4.73. The molecule has 0 bridgehead atoms. The largest absolute Gasteiger partial charge is 0.337 e. The zero-order chi connectivity index (χ0) is 16.4. The molecule has 1 heterocycles. The molecule has 1 amide bonds. The summed E-state index contributed by atoms with van der Waals surface area (Å²) in [5.74, 6) is 0.512. The van der Waals surface area contributed by atoms with Crippen molar-refractivity contribution in [3.05, 3.63) is 35.4 Å². The smallest absolute Gasteiger partial charge is 0.253 e. The van der Waals surface area contributed by atoms with Gasteiger partial charge in [0.25, 0.3) is 5.91 Å². The van der Waals surface area contributed by atoms with Crippen LogP contribution >= 0.6 is 0 Å². The minimum Gasteiger partial charge on any atom is -0.337 e. The van der Waals surface area contributed by atoms with Crippen LogP contribution in [-0.2, 0) is 10.0 Å². The first-order valence-electron chi connectivity index (χ1n) is 8.36. The van der Waals surface area contributed by atoms with Crippen LogP contribution < -0.4 is 5.14 Å². The maximum atomic E-state index is 12.5. The number of nitrogens with zero attached hydrogens (tertiary/aromatic N) is 1. The van der Waals surface area contributed by atoms with Crippen LogP contribution in [0.2, 0.25) is 0 Å². The second kappa shape index (κ2) is 6.61. The molecule has 0 radical (unpaired) electrons. The van der Waals surface area contributed by atoms with Crippen molar-refractivity contribution in [2.45, 2.75) is 49.7 Å². The number of hydrogen-bond donors (Lipinski definition) is 1. The summed E-state index contributed by atoms with van der Waals surface area (Å²) >= 11 is 0. The predicted octanol–water partition coefficient (Wildman–Crippen LogP) is 2.24. The van der Waals surface area contributed by atoms with Gasteiger partial charge in [0.2, 0.25) is 10.0 Å². The van der Waals surface area contributed by atoms with Crippen molar-refractivity contribution in [3.8, 4) is 0 Å². The Hall–Kier alpha value is -1.40. The van der Waals surface area contributed by atoms with E-state index in [1.54, 1.807) is 4.90 Å². The first-order chi connectivity index (χ1) is 10.9. The number of likely N-dealkylation sites (tertiary alicyclic amines) is 1. The Labute approximate surface area is 137 Å². The van der Waals surface area contributed by atoms with Gasteiger partial charge in [-0.25, -0.2) is 13.6 Å². The van der Waals surface area contributed by atoms with E-state index in [9.17, 15) is 13.2 Å². The highest BCUT2D eigenvalue weighted by Crippen LogP contribution is 2.32. The average Bonchev–Trinajstić information content (AvgIpc) is 3.05. The van der Waals surface area contributed by atoms with E-state index in [2.05, 4.69) is 12.1 Å². The first-order valence-corrected chi connectivity index (χ1v) is 9.97. The van der Waals surface area contributed by atoms with Crippen LogP contribution in [-0.4, -0.2) is 37.6 Å². The fourth-order valence-electron chi connectivity index (χ4n) is 3.70. The molecule has 0 aromatic heterocycles. The monoisotopic (exact) mass is 336 g/mol. The zero-order valence-corrected chi connectivity index (χ0v) is 14.1.